The zero-order chi connectivity index (χ0) is 20.1. The van der Waals surface area contributed by atoms with Crippen molar-refractivity contribution in [1.82, 2.24) is 10.6 Å². The van der Waals surface area contributed by atoms with Gasteiger partial charge in [0.2, 0.25) is 5.91 Å². The molecule has 6 heteroatoms. The molecule has 0 spiro atoms. The maximum atomic E-state index is 12.8. The van der Waals surface area contributed by atoms with Crippen molar-refractivity contribution in [3.05, 3.63) is 71.4 Å². The highest BCUT2D eigenvalue weighted by atomic mass is 32.2. The van der Waals surface area contributed by atoms with Crippen molar-refractivity contribution in [2.24, 2.45) is 0 Å². The number of fused-ring (bicyclic) bond motifs is 1. The number of nitrogens with zero attached hydrogens (tertiary/aromatic N) is 1. The third-order valence-electron chi connectivity index (χ3n) is 4.37. The summed E-state index contributed by atoms with van der Waals surface area (Å²) in [6, 6.07) is 16.8. The molecular formula is C22H25N3O2S. The number of anilines is 1. The van der Waals surface area contributed by atoms with E-state index in [-0.39, 0.29) is 23.9 Å². The van der Waals surface area contributed by atoms with Crippen LogP contribution in [0.15, 0.2) is 70.7 Å². The number of para-hydroxylation sites is 1. The van der Waals surface area contributed by atoms with Crippen LogP contribution < -0.4 is 15.5 Å². The molecule has 0 aliphatic carbocycles. The number of carbonyl (C=O) groups excluding carboxylic acids is 2. The lowest BCUT2D eigenvalue weighted by atomic mass is 10.1. The van der Waals surface area contributed by atoms with Crippen molar-refractivity contribution < 1.29 is 9.59 Å². The van der Waals surface area contributed by atoms with Gasteiger partial charge in [-0.25, -0.2) is 0 Å². The fourth-order valence-corrected chi connectivity index (χ4v) is 4.19. The first-order valence-electron chi connectivity index (χ1n) is 9.43. The standard InChI is InChI=1S/C22H25N3O2S/c1-4-17(22(27)24-15(2)3)25-18-12-8-9-13-19(18)28-20(25)14-23-21(26)16-10-6-5-7-11-16/h5-15,17H,4H2,1-3H3,(H,23,26)(H,24,27)/b20-14-. The predicted molar refractivity (Wildman–Crippen MR) is 114 cm³/mol. The van der Waals surface area contributed by atoms with Gasteiger partial charge in [0.05, 0.1) is 10.7 Å². The molecule has 1 aliphatic rings. The summed E-state index contributed by atoms with van der Waals surface area (Å²) >= 11 is 1.55. The summed E-state index contributed by atoms with van der Waals surface area (Å²) in [6.45, 7) is 5.90. The highest BCUT2D eigenvalue weighted by Gasteiger charge is 2.34. The van der Waals surface area contributed by atoms with Crippen molar-refractivity contribution >= 4 is 29.3 Å². The van der Waals surface area contributed by atoms with Crippen LogP contribution in [0, 0.1) is 0 Å². The second-order valence-electron chi connectivity index (χ2n) is 6.85. The van der Waals surface area contributed by atoms with Crippen LogP contribution in [0.5, 0.6) is 0 Å². The summed E-state index contributed by atoms with van der Waals surface area (Å²) in [5, 5.41) is 6.71. The van der Waals surface area contributed by atoms with E-state index in [1.165, 1.54) is 0 Å². The van der Waals surface area contributed by atoms with E-state index in [0.717, 1.165) is 15.6 Å². The molecule has 0 aromatic heterocycles. The third-order valence-corrected chi connectivity index (χ3v) is 5.46. The Morgan fingerprint density at radius 1 is 1.07 bits per heavy atom. The minimum absolute atomic E-state index is 0.0184. The van der Waals surface area contributed by atoms with Crippen molar-refractivity contribution in [1.29, 1.82) is 0 Å². The van der Waals surface area contributed by atoms with Gasteiger partial charge in [-0.05, 0) is 44.5 Å². The first-order chi connectivity index (χ1) is 13.5. The quantitative estimate of drug-likeness (QED) is 0.772. The number of hydrogen-bond acceptors (Lipinski definition) is 4. The molecule has 28 heavy (non-hydrogen) atoms. The van der Waals surface area contributed by atoms with Crippen LogP contribution in [0.3, 0.4) is 0 Å². The van der Waals surface area contributed by atoms with Crippen LogP contribution >= 0.6 is 11.8 Å². The Balaban J connectivity index is 1.89. The number of benzene rings is 2. The largest absolute Gasteiger partial charge is 0.352 e. The Labute approximate surface area is 170 Å². The van der Waals surface area contributed by atoms with Gasteiger partial charge in [-0.3, -0.25) is 9.59 Å². The van der Waals surface area contributed by atoms with Gasteiger partial charge in [-0.1, -0.05) is 49.0 Å². The van der Waals surface area contributed by atoms with Crippen molar-refractivity contribution in [3.63, 3.8) is 0 Å². The van der Waals surface area contributed by atoms with Crippen LogP contribution in [-0.2, 0) is 4.79 Å². The molecule has 1 heterocycles. The van der Waals surface area contributed by atoms with Crippen molar-refractivity contribution in [2.75, 3.05) is 4.90 Å². The lowest BCUT2D eigenvalue weighted by Gasteiger charge is -2.29. The number of amides is 2. The molecule has 0 fully saturated rings. The van der Waals surface area contributed by atoms with E-state index in [4.69, 9.17) is 0 Å². The topological polar surface area (TPSA) is 61.4 Å². The molecule has 1 aliphatic heterocycles. The minimum atomic E-state index is -0.349. The fraction of sp³-hybridized carbons (Fsp3) is 0.273. The molecule has 0 saturated carbocycles. The normalized spacial score (nSPS) is 15.4. The van der Waals surface area contributed by atoms with Crippen LogP contribution in [-0.4, -0.2) is 23.9 Å². The summed E-state index contributed by atoms with van der Waals surface area (Å²) in [5.74, 6) is -0.195. The fourth-order valence-electron chi connectivity index (χ4n) is 3.11. The molecule has 2 N–H and O–H groups in total. The maximum absolute atomic E-state index is 12.8. The molecular weight excluding hydrogens is 370 g/mol. The average Bonchev–Trinajstić information content (AvgIpc) is 3.05. The van der Waals surface area contributed by atoms with Gasteiger partial charge in [0.25, 0.3) is 5.91 Å². The lowest BCUT2D eigenvalue weighted by molar-refractivity contribution is -0.122. The zero-order valence-corrected chi connectivity index (χ0v) is 17.1. The molecule has 1 atom stereocenters. The summed E-state index contributed by atoms with van der Waals surface area (Å²) < 4.78 is 0. The molecule has 146 valence electrons. The Morgan fingerprint density at radius 2 is 1.75 bits per heavy atom. The zero-order valence-electron chi connectivity index (χ0n) is 16.3. The molecule has 0 saturated heterocycles. The van der Waals surface area contributed by atoms with E-state index in [2.05, 4.69) is 10.6 Å². The summed E-state index contributed by atoms with van der Waals surface area (Å²) in [6.07, 6.45) is 2.35. The monoisotopic (exact) mass is 395 g/mol. The van der Waals surface area contributed by atoms with Crippen LogP contribution in [0.2, 0.25) is 0 Å². The van der Waals surface area contributed by atoms with E-state index in [1.807, 2.05) is 68.1 Å². The van der Waals surface area contributed by atoms with Gasteiger partial charge >= 0.3 is 0 Å². The van der Waals surface area contributed by atoms with Gasteiger partial charge < -0.3 is 15.5 Å². The van der Waals surface area contributed by atoms with E-state index in [1.54, 1.807) is 30.1 Å². The molecule has 0 radical (unpaired) electrons. The predicted octanol–water partition coefficient (Wildman–Crippen LogP) is 4.13. The Hall–Kier alpha value is -2.73. The molecule has 3 rings (SSSR count). The van der Waals surface area contributed by atoms with E-state index in [0.29, 0.717) is 12.0 Å². The average molecular weight is 396 g/mol. The van der Waals surface area contributed by atoms with Crippen LogP contribution in [0.4, 0.5) is 5.69 Å². The van der Waals surface area contributed by atoms with Gasteiger partial charge in [-0.15, -0.1) is 0 Å². The van der Waals surface area contributed by atoms with Crippen LogP contribution in [0.25, 0.3) is 0 Å². The Kier molecular flexibility index (Phi) is 6.41. The third kappa shape index (κ3) is 4.39. The SMILES string of the molecule is CCC(C(=O)NC(C)C)N1/C(=C/NC(=O)c2ccccc2)Sc2ccccc21. The lowest BCUT2D eigenvalue weighted by Crippen LogP contribution is -2.47. The van der Waals surface area contributed by atoms with Gasteiger partial charge in [0.15, 0.2) is 0 Å². The van der Waals surface area contributed by atoms with Gasteiger partial charge in [-0.2, -0.15) is 0 Å². The Bertz CT molecular complexity index is 880. The summed E-state index contributed by atoms with van der Waals surface area (Å²) in [5.41, 5.74) is 1.58. The minimum Gasteiger partial charge on any atom is -0.352 e. The van der Waals surface area contributed by atoms with E-state index in [9.17, 15) is 9.59 Å². The second kappa shape index (κ2) is 8.97. The highest BCUT2D eigenvalue weighted by molar-refractivity contribution is 8.03. The molecule has 5 nitrogen and oxygen atoms in total. The highest BCUT2D eigenvalue weighted by Crippen LogP contribution is 2.47. The number of nitrogens with one attached hydrogen (secondary N) is 2. The van der Waals surface area contributed by atoms with Gasteiger partial charge in [0.1, 0.15) is 6.04 Å². The second-order valence-corrected chi connectivity index (χ2v) is 7.91. The van der Waals surface area contributed by atoms with E-state index < -0.39 is 0 Å². The molecule has 1 unspecified atom stereocenters. The van der Waals surface area contributed by atoms with Crippen LogP contribution in [0.1, 0.15) is 37.6 Å². The number of hydrogen-bond donors (Lipinski definition) is 2. The first-order valence-corrected chi connectivity index (χ1v) is 10.3. The van der Waals surface area contributed by atoms with Crippen molar-refractivity contribution in [2.45, 2.75) is 44.2 Å². The number of rotatable bonds is 6. The Morgan fingerprint density at radius 3 is 2.43 bits per heavy atom. The summed E-state index contributed by atoms with van der Waals surface area (Å²) in [7, 11) is 0. The molecule has 2 amide bonds. The van der Waals surface area contributed by atoms with E-state index >= 15 is 0 Å². The molecule has 2 aromatic carbocycles. The maximum Gasteiger partial charge on any atom is 0.255 e. The summed E-state index contributed by atoms with van der Waals surface area (Å²) in [4.78, 5) is 28.3. The first kappa shape index (κ1) is 20.0. The smallest absolute Gasteiger partial charge is 0.255 e. The number of thioether (sulfide) groups is 1. The molecule has 2 aromatic rings. The van der Waals surface area contributed by atoms with Crippen molar-refractivity contribution in [3.8, 4) is 0 Å². The number of carbonyl (C=O) groups is 2. The van der Waals surface area contributed by atoms with Gasteiger partial charge in [0, 0.05) is 22.7 Å². The molecule has 0 bridgehead atoms.